The van der Waals surface area contributed by atoms with Gasteiger partial charge in [-0.25, -0.2) is 14.4 Å². The molecule has 0 saturated carbocycles. The molecule has 214 valence electrons. The van der Waals surface area contributed by atoms with Crippen LogP contribution in [0, 0.1) is 12.7 Å². The molecule has 0 aliphatic carbocycles. The van der Waals surface area contributed by atoms with Gasteiger partial charge in [-0.05, 0) is 73.0 Å². The zero-order valence-electron chi connectivity index (χ0n) is 22.4. The second-order valence-electron chi connectivity index (χ2n) is 9.85. The molecule has 1 amide bonds. The Morgan fingerprint density at radius 1 is 1.07 bits per heavy atom. The minimum Gasteiger partial charge on any atom is -0.379 e. The van der Waals surface area contributed by atoms with Gasteiger partial charge in [-0.2, -0.15) is 13.2 Å². The number of alkyl halides is 3. The van der Waals surface area contributed by atoms with Gasteiger partial charge in [-0.15, -0.1) is 0 Å². The second kappa shape index (κ2) is 12.2. The van der Waals surface area contributed by atoms with E-state index in [1.165, 1.54) is 0 Å². The molecule has 0 spiro atoms. The summed E-state index contributed by atoms with van der Waals surface area (Å²) >= 11 is 0. The molecule has 1 aliphatic rings. The van der Waals surface area contributed by atoms with E-state index in [0.29, 0.717) is 12.0 Å². The maximum Gasteiger partial charge on any atom is 0.419 e. The number of morpholine rings is 1. The van der Waals surface area contributed by atoms with Crippen LogP contribution in [-0.2, 0) is 10.9 Å². The molecule has 1 saturated heterocycles. The van der Waals surface area contributed by atoms with Crippen LogP contribution in [0.15, 0.2) is 60.8 Å². The Hall–Kier alpha value is -4.09. The van der Waals surface area contributed by atoms with Crippen molar-refractivity contribution >= 4 is 28.4 Å². The van der Waals surface area contributed by atoms with Crippen LogP contribution in [0.1, 0.15) is 27.9 Å². The largest absolute Gasteiger partial charge is 0.419 e. The first-order valence-electron chi connectivity index (χ1n) is 13.3. The van der Waals surface area contributed by atoms with Gasteiger partial charge in [-0.3, -0.25) is 9.69 Å². The molecule has 0 bridgehead atoms. The van der Waals surface area contributed by atoms with Gasteiger partial charge in [0.2, 0.25) is 5.95 Å². The molecule has 7 nitrogen and oxygen atoms in total. The summed E-state index contributed by atoms with van der Waals surface area (Å²) in [4.78, 5) is 24.3. The first kappa shape index (κ1) is 28.4. The number of anilines is 2. The lowest BCUT2D eigenvalue weighted by Gasteiger charge is -2.26. The maximum absolute atomic E-state index is 14.4. The van der Waals surface area contributed by atoms with Crippen LogP contribution in [0.3, 0.4) is 0 Å². The van der Waals surface area contributed by atoms with E-state index in [0.717, 1.165) is 85.5 Å². The zero-order valence-corrected chi connectivity index (χ0v) is 22.4. The number of rotatable bonds is 8. The molecule has 3 aromatic carbocycles. The number of fused-ring (bicyclic) bond motifs is 1. The number of nitrogens with zero attached hydrogens (tertiary/aromatic N) is 3. The Bertz CT molecular complexity index is 1550. The van der Waals surface area contributed by atoms with Crippen LogP contribution in [0.25, 0.3) is 22.0 Å². The highest BCUT2D eigenvalue weighted by Crippen LogP contribution is 2.34. The first-order chi connectivity index (χ1) is 19.7. The third-order valence-electron chi connectivity index (χ3n) is 6.98. The lowest BCUT2D eigenvalue weighted by atomic mass is 9.97. The van der Waals surface area contributed by atoms with Gasteiger partial charge in [0.25, 0.3) is 5.91 Å². The Morgan fingerprint density at radius 3 is 2.66 bits per heavy atom. The van der Waals surface area contributed by atoms with E-state index in [2.05, 4.69) is 25.5 Å². The molecule has 1 aliphatic heterocycles. The summed E-state index contributed by atoms with van der Waals surface area (Å²) in [5.41, 5.74) is 1.39. The smallest absolute Gasteiger partial charge is 0.379 e. The van der Waals surface area contributed by atoms with E-state index >= 15 is 0 Å². The molecule has 5 rings (SSSR count). The van der Waals surface area contributed by atoms with Crippen LogP contribution >= 0.6 is 0 Å². The fourth-order valence-electron chi connectivity index (χ4n) is 4.73. The van der Waals surface area contributed by atoms with E-state index < -0.39 is 29.2 Å². The topological polar surface area (TPSA) is 79.4 Å². The van der Waals surface area contributed by atoms with Crippen molar-refractivity contribution in [2.45, 2.75) is 19.5 Å². The summed E-state index contributed by atoms with van der Waals surface area (Å²) < 4.78 is 59.0. The number of aryl methyl sites for hydroxylation is 1. The number of carbonyl (C=O) groups excluding carboxylic acids is 1. The van der Waals surface area contributed by atoms with Crippen LogP contribution in [0.5, 0.6) is 0 Å². The first-order valence-corrected chi connectivity index (χ1v) is 13.3. The molecular formula is C30H29F4N5O2. The minimum atomic E-state index is -4.87. The van der Waals surface area contributed by atoms with Crippen molar-refractivity contribution in [1.82, 2.24) is 14.9 Å². The van der Waals surface area contributed by atoms with Gasteiger partial charge in [0, 0.05) is 36.8 Å². The highest BCUT2D eigenvalue weighted by molar-refractivity contribution is 6.05. The molecule has 2 N–H and O–H groups in total. The van der Waals surface area contributed by atoms with Crippen LogP contribution in [0.2, 0.25) is 0 Å². The normalized spacial score (nSPS) is 14.3. The summed E-state index contributed by atoms with van der Waals surface area (Å²) in [6, 6.07) is 13.3. The summed E-state index contributed by atoms with van der Waals surface area (Å²) in [5, 5.41) is 6.34. The number of carbonyl (C=O) groups is 1. The molecule has 1 aromatic heterocycles. The van der Waals surface area contributed by atoms with Crippen LogP contribution in [0.4, 0.5) is 29.2 Å². The number of amides is 1. The van der Waals surface area contributed by atoms with Crippen molar-refractivity contribution in [3.63, 3.8) is 0 Å². The molecule has 41 heavy (non-hydrogen) atoms. The molecule has 0 atom stereocenters. The highest BCUT2D eigenvalue weighted by atomic mass is 19.4. The fourth-order valence-corrected chi connectivity index (χ4v) is 4.73. The van der Waals surface area contributed by atoms with Gasteiger partial charge in [0.1, 0.15) is 0 Å². The summed E-state index contributed by atoms with van der Waals surface area (Å²) in [6.07, 6.45) is -2.18. The average Bonchev–Trinajstić information content (AvgIpc) is 2.96. The standard InChI is InChI=1S/C30H29F4N5O2/c1-19-6-7-21(28(40)37-26-5-2-4-24(27(26)31)30(32,33)34)17-23(19)20-8-9-25-22(16-20)18-36-29(38-25)35-10-3-11-39-12-14-41-15-13-39/h2,4-9,16-18H,3,10-15H2,1H3,(H,37,40)(H,35,36,38). The third-order valence-corrected chi connectivity index (χ3v) is 6.98. The molecule has 2 heterocycles. The molecule has 1 fully saturated rings. The predicted molar refractivity (Wildman–Crippen MR) is 149 cm³/mol. The van der Waals surface area contributed by atoms with Crippen molar-refractivity contribution in [2.75, 3.05) is 50.0 Å². The van der Waals surface area contributed by atoms with E-state index in [-0.39, 0.29) is 5.56 Å². The van der Waals surface area contributed by atoms with Crippen molar-refractivity contribution in [3.8, 4) is 11.1 Å². The summed E-state index contributed by atoms with van der Waals surface area (Å²) in [5.74, 6) is -1.71. The van der Waals surface area contributed by atoms with E-state index in [9.17, 15) is 22.4 Å². The Morgan fingerprint density at radius 2 is 1.88 bits per heavy atom. The molecule has 0 unspecified atom stereocenters. The number of aromatic nitrogens is 2. The maximum atomic E-state index is 14.4. The monoisotopic (exact) mass is 567 g/mol. The minimum absolute atomic E-state index is 0.176. The van der Waals surface area contributed by atoms with Crippen molar-refractivity contribution in [3.05, 3.63) is 83.3 Å². The van der Waals surface area contributed by atoms with Crippen molar-refractivity contribution < 1.29 is 27.1 Å². The number of hydrogen-bond donors (Lipinski definition) is 2. The van der Waals surface area contributed by atoms with Crippen LogP contribution in [-0.4, -0.2) is 60.2 Å². The number of benzene rings is 3. The van der Waals surface area contributed by atoms with Gasteiger partial charge >= 0.3 is 6.18 Å². The molecular weight excluding hydrogens is 538 g/mol. The number of halogens is 4. The van der Waals surface area contributed by atoms with E-state index in [1.807, 2.05) is 25.1 Å². The number of nitrogens with one attached hydrogen (secondary N) is 2. The van der Waals surface area contributed by atoms with Gasteiger partial charge in [0.05, 0.1) is 30.0 Å². The Labute approximate surface area is 234 Å². The fraction of sp³-hybridized carbons (Fsp3) is 0.300. The SMILES string of the molecule is Cc1ccc(C(=O)Nc2cccc(C(F)(F)F)c2F)cc1-c1ccc2nc(NCCCN3CCOCC3)ncc2c1. The average molecular weight is 568 g/mol. The van der Waals surface area contributed by atoms with E-state index in [4.69, 9.17) is 4.74 Å². The number of ether oxygens (including phenoxy) is 1. The Kier molecular flexibility index (Phi) is 8.46. The van der Waals surface area contributed by atoms with Gasteiger partial charge < -0.3 is 15.4 Å². The lowest BCUT2D eigenvalue weighted by Crippen LogP contribution is -2.37. The van der Waals surface area contributed by atoms with Gasteiger partial charge in [-0.1, -0.05) is 18.2 Å². The predicted octanol–water partition coefficient (Wildman–Crippen LogP) is 6.15. The van der Waals surface area contributed by atoms with Crippen molar-refractivity contribution in [2.24, 2.45) is 0 Å². The highest BCUT2D eigenvalue weighted by Gasteiger charge is 2.35. The molecule has 4 aromatic rings. The molecule has 0 radical (unpaired) electrons. The van der Waals surface area contributed by atoms with Crippen molar-refractivity contribution in [1.29, 1.82) is 0 Å². The van der Waals surface area contributed by atoms with Crippen LogP contribution < -0.4 is 10.6 Å². The van der Waals surface area contributed by atoms with Gasteiger partial charge in [0.15, 0.2) is 5.82 Å². The zero-order chi connectivity index (χ0) is 29.0. The summed E-state index contributed by atoms with van der Waals surface area (Å²) in [7, 11) is 0. The Balaban J connectivity index is 1.28. The summed E-state index contributed by atoms with van der Waals surface area (Å²) in [6.45, 7) is 7.08. The molecule has 11 heteroatoms. The quantitative estimate of drug-likeness (QED) is 0.197. The lowest BCUT2D eigenvalue weighted by molar-refractivity contribution is -0.139. The third kappa shape index (κ3) is 6.80. The second-order valence-corrected chi connectivity index (χ2v) is 9.85. The van der Waals surface area contributed by atoms with E-state index in [1.54, 1.807) is 24.4 Å². The number of hydrogen-bond acceptors (Lipinski definition) is 6.